The van der Waals surface area contributed by atoms with Crippen molar-refractivity contribution in [2.75, 3.05) is 17.7 Å². The number of hydrogen-bond acceptors (Lipinski definition) is 5. The Morgan fingerprint density at radius 3 is 2.83 bits per heavy atom. The number of aromatic nitrogens is 1. The molecule has 0 spiro atoms. The molecular weight excluding hydrogens is 476 g/mol. The molecule has 0 radical (unpaired) electrons. The van der Waals surface area contributed by atoms with Gasteiger partial charge in [-0.15, -0.1) is 23.1 Å². The number of aryl methyl sites for hydroxylation is 2. The molecule has 4 aromatic rings. The summed E-state index contributed by atoms with van der Waals surface area (Å²) in [6.45, 7) is 5.00. The first-order chi connectivity index (χ1) is 17.0. The van der Waals surface area contributed by atoms with Gasteiger partial charge < -0.3 is 14.6 Å². The van der Waals surface area contributed by atoms with Crippen LogP contribution in [0.25, 0.3) is 10.9 Å². The highest BCUT2D eigenvalue weighted by atomic mass is 32.2. The van der Waals surface area contributed by atoms with E-state index in [2.05, 4.69) is 59.4 Å². The summed E-state index contributed by atoms with van der Waals surface area (Å²) in [6.07, 6.45) is 5.00. The molecular formula is C28H28N2O3S2. The van der Waals surface area contributed by atoms with Gasteiger partial charge in [-0.05, 0) is 50.3 Å². The number of nitrogens with one attached hydrogen (secondary N) is 1. The van der Waals surface area contributed by atoms with Crippen LogP contribution in [-0.2, 0) is 28.9 Å². The lowest BCUT2D eigenvalue weighted by Gasteiger charge is -2.08. The van der Waals surface area contributed by atoms with Crippen molar-refractivity contribution in [3.05, 3.63) is 81.9 Å². The molecule has 1 aliphatic rings. The number of fused-ring (bicyclic) bond motifs is 2. The number of nitrogens with zero attached hydrogens (tertiary/aromatic N) is 1. The molecule has 7 heteroatoms. The number of anilines is 1. The number of esters is 1. The fourth-order valence-corrected chi connectivity index (χ4v) is 6.87. The molecule has 1 amide bonds. The number of amides is 1. The van der Waals surface area contributed by atoms with Crippen molar-refractivity contribution in [3.63, 3.8) is 0 Å². The lowest BCUT2D eigenvalue weighted by Crippen LogP contribution is -2.16. The van der Waals surface area contributed by atoms with Crippen molar-refractivity contribution in [2.45, 2.75) is 44.6 Å². The average Bonchev–Trinajstić information content (AvgIpc) is 3.51. The predicted octanol–water partition coefficient (Wildman–Crippen LogP) is 6.46. The lowest BCUT2D eigenvalue weighted by atomic mass is 10.1. The van der Waals surface area contributed by atoms with E-state index in [0.29, 0.717) is 17.2 Å². The Kier molecular flexibility index (Phi) is 6.97. The van der Waals surface area contributed by atoms with E-state index in [0.717, 1.165) is 47.2 Å². The molecule has 1 aliphatic carbocycles. The fourth-order valence-electron chi connectivity index (χ4n) is 4.68. The summed E-state index contributed by atoms with van der Waals surface area (Å²) in [5.41, 5.74) is 5.24. The molecule has 0 saturated carbocycles. The zero-order chi connectivity index (χ0) is 24.4. The molecule has 35 heavy (non-hydrogen) atoms. The summed E-state index contributed by atoms with van der Waals surface area (Å²) in [6, 6.07) is 16.8. The minimum Gasteiger partial charge on any atom is -0.462 e. The smallest absolute Gasteiger partial charge is 0.341 e. The Bertz CT molecular complexity index is 1400. The van der Waals surface area contributed by atoms with Crippen LogP contribution in [0.4, 0.5) is 5.00 Å². The molecule has 2 aromatic heterocycles. The van der Waals surface area contributed by atoms with Crippen molar-refractivity contribution >= 4 is 50.9 Å². The Labute approximate surface area is 213 Å². The second-order valence-corrected chi connectivity index (χ2v) is 10.9. The van der Waals surface area contributed by atoms with Gasteiger partial charge in [0, 0.05) is 33.4 Å². The maximum Gasteiger partial charge on any atom is 0.341 e. The van der Waals surface area contributed by atoms with Gasteiger partial charge in [-0.3, -0.25) is 4.79 Å². The van der Waals surface area contributed by atoms with Crippen LogP contribution in [0.3, 0.4) is 0 Å². The summed E-state index contributed by atoms with van der Waals surface area (Å²) >= 11 is 3.04. The topological polar surface area (TPSA) is 60.3 Å². The Hall–Kier alpha value is -3.03. The van der Waals surface area contributed by atoms with E-state index >= 15 is 0 Å². The first kappa shape index (κ1) is 23.7. The highest BCUT2D eigenvalue weighted by Crippen LogP contribution is 2.40. The molecule has 5 nitrogen and oxygen atoms in total. The van der Waals surface area contributed by atoms with Crippen molar-refractivity contribution < 1.29 is 14.3 Å². The minimum absolute atomic E-state index is 0.115. The van der Waals surface area contributed by atoms with Crippen LogP contribution < -0.4 is 5.32 Å². The van der Waals surface area contributed by atoms with Gasteiger partial charge in [-0.2, -0.15) is 0 Å². The van der Waals surface area contributed by atoms with Gasteiger partial charge in [0.2, 0.25) is 5.91 Å². The average molecular weight is 505 g/mol. The molecule has 0 unspecified atom stereocenters. The molecule has 2 aromatic carbocycles. The molecule has 0 aliphatic heterocycles. The van der Waals surface area contributed by atoms with Crippen LogP contribution in [0, 0.1) is 6.92 Å². The molecule has 0 fully saturated rings. The first-order valence-electron chi connectivity index (χ1n) is 11.9. The van der Waals surface area contributed by atoms with E-state index in [1.807, 2.05) is 12.1 Å². The van der Waals surface area contributed by atoms with Crippen molar-refractivity contribution in [2.24, 2.45) is 0 Å². The number of carbonyl (C=O) groups is 2. The van der Waals surface area contributed by atoms with Crippen LogP contribution in [0.1, 0.15) is 45.3 Å². The third kappa shape index (κ3) is 5.02. The summed E-state index contributed by atoms with van der Waals surface area (Å²) in [5.74, 6) is -0.187. The third-order valence-corrected chi connectivity index (χ3v) is 8.45. The maximum atomic E-state index is 12.9. The number of rotatable bonds is 8. The first-order valence-corrected chi connectivity index (χ1v) is 13.7. The van der Waals surface area contributed by atoms with E-state index in [-0.39, 0.29) is 17.6 Å². The number of ether oxygens (including phenoxy) is 1. The standard InChI is InChI=1S/C28H28N2O3S2/c1-3-33-28(32)26-21-11-7-13-23(21)35-27(26)29-25(31)17-34-24-16-30(22-12-5-4-10-20(22)24)15-19-9-6-8-18(2)14-19/h4-6,8-10,12,14,16H,3,7,11,13,15,17H2,1-2H3,(H,29,31). The zero-order valence-corrected chi connectivity index (χ0v) is 21.6. The molecule has 5 rings (SSSR count). The second-order valence-electron chi connectivity index (χ2n) is 8.75. The minimum atomic E-state index is -0.339. The Balaban J connectivity index is 1.32. The van der Waals surface area contributed by atoms with E-state index in [1.165, 1.54) is 39.1 Å². The Morgan fingerprint density at radius 1 is 1.14 bits per heavy atom. The van der Waals surface area contributed by atoms with Crippen LogP contribution >= 0.6 is 23.1 Å². The summed E-state index contributed by atoms with van der Waals surface area (Å²) < 4.78 is 7.52. The van der Waals surface area contributed by atoms with E-state index < -0.39 is 0 Å². The number of hydrogen-bond donors (Lipinski definition) is 1. The van der Waals surface area contributed by atoms with Gasteiger partial charge in [-0.25, -0.2) is 4.79 Å². The molecule has 0 atom stereocenters. The lowest BCUT2D eigenvalue weighted by molar-refractivity contribution is -0.113. The summed E-state index contributed by atoms with van der Waals surface area (Å²) in [7, 11) is 0. The van der Waals surface area contributed by atoms with Crippen molar-refractivity contribution in [3.8, 4) is 0 Å². The highest BCUT2D eigenvalue weighted by molar-refractivity contribution is 8.00. The van der Waals surface area contributed by atoms with Crippen LogP contribution in [0.2, 0.25) is 0 Å². The second kappa shape index (κ2) is 10.3. The molecule has 2 heterocycles. The predicted molar refractivity (Wildman–Crippen MR) is 144 cm³/mol. The summed E-state index contributed by atoms with van der Waals surface area (Å²) in [5, 5.41) is 4.77. The number of thioether (sulfide) groups is 1. The van der Waals surface area contributed by atoms with Crippen LogP contribution in [0.15, 0.2) is 59.6 Å². The van der Waals surface area contributed by atoms with E-state index in [4.69, 9.17) is 4.74 Å². The highest BCUT2D eigenvalue weighted by Gasteiger charge is 2.28. The monoisotopic (exact) mass is 504 g/mol. The maximum absolute atomic E-state index is 12.9. The van der Waals surface area contributed by atoms with E-state index in [1.54, 1.807) is 6.92 Å². The normalized spacial score (nSPS) is 12.6. The fraction of sp³-hybridized carbons (Fsp3) is 0.286. The van der Waals surface area contributed by atoms with Gasteiger partial charge in [0.15, 0.2) is 0 Å². The number of carbonyl (C=O) groups excluding carboxylic acids is 2. The van der Waals surface area contributed by atoms with Crippen molar-refractivity contribution in [1.82, 2.24) is 4.57 Å². The largest absolute Gasteiger partial charge is 0.462 e. The van der Waals surface area contributed by atoms with Gasteiger partial charge in [-0.1, -0.05) is 48.0 Å². The number of para-hydroxylation sites is 1. The van der Waals surface area contributed by atoms with Crippen molar-refractivity contribution in [1.29, 1.82) is 0 Å². The van der Waals surface area contributed by atoms with Gasteiger partial charge in [0.05, 0.1) is 17.9 Å². The van der Waals surface area contributed by atoms with Crippen LogP contribution in [0.5, 0.6) is 0 Å². The molecule has 0 bridgehead atoms. The quantitative estimate of drug-likeness (QED) is 0.221. The summed E-state index contributed by atoms with van der Waals surface area (Å²) in [4.78, 5) is 27.8. The zero-order valence-electron chi connectivity index (χ0n) is 19.9. The number of benzene rings is 2. The number of thiophene rings is 1. The molecule has 0 saturated heterocycles. The molecule has 1 N–H and O–H groups in total. The van der Waals surface area contributed by atoms with E-state index in [9.17, 15) is 9.59 Å². The molecule has 180 valence electrons. The van der Waals surface area contributed by atoms with Gasteiger partial charge in [0.1, 0.15) is 5.00 Å². The third-order valence-electron chi connectivity index (χ3n) is 6.20. The Morgan fingerprint density at radius 2 is 2.00 bits per heavy atom. The van der Waals surface area contributed by atoms with Gasteiger partial charge in [0.25, 0.3) is 0 Å². The van der Waals surface area contributed by atoms with Crippen LogP contribution in [-0.4, -0.2) is 28.8 Å². The SMILES string of the molecule is CCOC(=O)c1c(NC(=O)CSc2cn(Cc3cccc(C)c3)c3ccccc23)sc2c1CCC2. The van der Waals surface area contributed by atoms with Gasteiger partial charge >= 0.3 is 5.97 Å².